The average molecular weight is 291 g/mol. The van der Waals surface area contributed by atoms with Gasteiger partial charge in [0.15, 0.2) is 0 Å². The molecule has 4 nitrogen and oxygen atoms in total. The number of hydrogen-bond acceptors (Lipinski definition) is 4. The highest BCUT2D eigenvalue weighted by Crippen LogP contribution is 2.27. The number of carbonyl (C=O) groups excluding carboxylic acids is 2. The van der Waals surface area contributed by atoms with Gasteiger partial charge in [-0.05, 0) is 26.0 Å². The number of carbonyl (C=O) groups is 2. The topological polar surface area (TPSA) is 52.6 Å². The molecule has 1 aromatic rings. The molecular formula is C12H12Cl2O4. The van der Waals surface area contributed by atoms with Gasteiger partial charge in [0.2, 0.25) is 0 Å². The van der Waals surface area contributed by atoms with Crippen LogP contribution < -0.4 is 0 Å². The quantitative estimate of drug-likeness (QED) is 0.798. The van der Waals surface area contributed by atoms with Gasteiger partial charge in [-0.3, -0.25) is 0 Å². The third-order valence-corrected chi connectivity index (χ3v) is 2.63. The van der Waals surface area contributed by atoms with Crippen molar-refractivity contribution >= 4 is 35.1 Å². The van der Waals surface area contributed by atoms with E-state index in [9.17, 15) is 9.59 Å². The van der Waals surface area contributed by atoms with Crippen molar-refractivity contribution in [2.24, 2.45) is 0 Å². The smallest absolute Gasteiger partial charge is 0.341 e. The second-order valence-electron chi connectivity index (χ2n) is 3.26. The van der Waals surface area contributed by atoms with Crippen LogP contribution in [0.5, 0.6) is 0 Å². The molecule has 0 heterocycles. The highest BCUT2D eigenvalue weighted by atomic mass is 35.5. The number of esters is 2. The lowest BCUT2D eigenvalue weighted by atomic mass is 10.1. The molecule has 0 amide bonds. The molecule has 1 aromatic carbocycles. The Labute approximate surface area is 115 Å². The van der Waals surface area contributed by atoms with E-state index in [1.165, 1.54) is 12.1 Å². The number of halogens is 2. The summed E-state index contributed by atoms with van der Waals surface area (Å²) in [5.41, 5.74) is 0.244. The summed E-state index contributed by atoms with van der Waals surface area (Å²) in [6.45, 7) is 3.82. The van der Waals surface area contributed by atoms with Gasteiger partial charge < -0.3 is 9.47 Å². The molecule has 0 aromatic heterocycles. The van der Waals surface area contributed by atoms with E-state index in [0.717, 1.165) is 0 Å². The van der Waals surface area contributed by atoms with Crippen molar-refractivity contribution in [3.63, 3.8) is 0 Å². The minimum Gasteiger partial charge on any atom is -0.462 e. The zero-order valence-corrected chi connectivity index (χ0v) is 11.5. The second-order valence-corrected chi connectivity index (χ2v) is 4.07. The summed E-state index contributed by atoms with van der Waals surface area (Å²) < 4.78 is 9.63. The Morgan fingerprint density at radius 3 is 1.89 bits per heavy atom. The molecule has 0 unspecified atom stereocenters. The first-order chi connectivity index (χ1) is 8.51. The van der Waals surface area contributed by atoms with Crippen LogP contribution in [0.15, 0.2) is 12.1 Å². The van der Waals surface area contributed by atoms with Gasteiger partial charge in [-0.2, -0.15) is 0 Å². The minimum atomic E-state index is -0.622. The molecule has 0 spiro atoms. The normalized spacial score (nSPS) is 10.0. The Balaban J connectivity index is 3.12. The molecule has 0 bridgehead atoms. The van der Waals surface area contributed by atoms with Crippen molar-refractivity contribution in [2.45, 2.75) is 13.8 Å². The maximum Gasteiger partial charge on any atom is 0.341 e. The van der Waals surface area contributed by atoms with Crippen LogP contribution in [0.3, 0.4) is 0 Å². The first-order valence-electron chi connectivity index (χ1n) is 5.34. The molecule has 1 rings (SSSR count). The molecule has 0 radical (unpaired) electrons. The summed E-state index contributed by atoms with van der Waals surface area (Å²) in [7, 11) is 0. The summed E-state index contributed by atoms with van der Waals surface area (Å²) in [5, 5.41) is 0.119. The van der Waals surface area contributed by atoms with Crippen LogP contribution in [0.4, 0.5) is 0 Å². The summed E-state index contributed by atoms with van der Waals surface area (Å²) in [6.07, 6.45) is 0. The van der Waals surface area contributed by atoms with Gasteiger partial charge in [0.05, 0.1) is 34.4 Å². The fraction of sp³-hybridized carbons (Fsp3) is 0.333. The van der Waals surface area contributed by atoms with E-state index in [2.05, 4.69) is 0 Å². The molecule has 0 N–H and O–H groups in total. The fourth-order valence-corrected chi connectivity index (χ4v) is 1.95. The molecule has 18 heavy (non-hydrogen) atoms. The van der Waals surface area contributed by atoms with Crippen molar-refractivity contribution in [3.05, 3.63) is 33.3 Å². The first-order valence-corrected chi connectivity index (χ1v) is 6.10. The number of benzene rings is 1. The molecular weight excluding hydrogens is 279 g/mol. The first kappa shape index (κ1) is 14.8. The molecule has 0 aliphatic carbocycles. The summed E-state index contributed by atoms with van der Waals surface area (Å²) in [4.78, 5) is 23.1. The van der Waals surface area contributed by atoms with Gasteiger partial charge >= 0.3 is 11.9 Å². The van der Waals surface area contributed by atoms with Crippen LogP contribution in [0.2, 0.25) is 10.0 Å². The second kappa shape index (κ2) is 6.61. The summed E-state index contributed by atoms with van der Waals surface area (Å²) >= 11 is 11.8. The number of hydrogen-bond donors (Lipinski definition) is 0. The lowest BCUT2D eigenvalue weighted by Crippen LogP contribution is -2.09. The average Bonchev–Trinajstić information content (AvgIpc) is 2.28. The van der Waals surface area contributed by atoms with Crippen molar-refractivity contribution < 1.29 is 19.1 Å². The van der Waals surface area contributed by atoms with Gasteiger partial charge in [0, 0.05) is 0 Å². The molecule has 6 heteroatoms. The Kier molecular flexibility index (Phi) is 5.44. The van der Waals surface area contributed by atoms with Crippen LogP contribution in [0, 0.1) is 0 Å². The van der Waals surface area contributed by atoms with Crippen molar-refractivity contribution in [1.82, 2.24) is 0 Å². The highest BCUT2D eigenvalue weighted by Gasteiger charge is 2.19. The van der Waals surface area contributed by atoms with Crippen LogP contribution in [0.1, 0.15) is 34.6 Å². The van der Waals surface area contributed by atoms with Crippen molar-refractivity contribution in [2.75, 3.05) is 13.2 Å². The van der Waals surface area contributed by atoms with Crippen molar-refractivity contribution in [1.29, 1.82) is 0 Å². The number of rotatable bonds is 4. The highest BCUT2D eigenvalue weighted by molar-refractivity contribution is 6.39. The molecule has 98 valence electrons. The maximum atomic E-state index is 11.6. The van der Waals surface area contributed by atoms with Crippen LogP contribution in [0.25, 0.3) is 0 Å². The molecule has 0 saturated heterocycles. The maximum absolute atomic E-state index is 11.6. The zero-order chi connectivity index (χ0) is 13.7. The van der Waals surface area contributed by atoms with E-state index in [0.29, 0.717) is 0 Å². The standard InChI is InChI=1S/C12H12Cl2O4/c1-3-17-11(15)7-5-8(13)10(9(14)6-7)12(16)18-4-2/h5-6H,3-4H2,1-2H3. The van der Waals surface area contributed by atoms with Crippen LogP contribution in [-0.2, 0) is 9.47 Å². The summed E-state index contributed by atoms with van der Waals surface area (Å²) in [5.74, 6) is -1.17. The fourth-order valence-electron chi connectivity index (χ4n) is 1.30. The van der Waals surface area contributed by atoms with E-state index < -0.39 is 11.9 Å². The predicted molar refractivity (Wildman–Crippen MR) is 68.4 cm³/mol. The Morgan fingerprint density at radius 1 is 1.00 bits per heavy atom. The summed E-state index contributed by atoms with van der Waals surface area (Å²) in [6, 6.07) is 2.66. The van der Waals surface area contributed by atoms with Gasteiger partial charge in [-0.1, -0.05) is 23.2 Å². The Morgan fingerprint density at radius 2 is 1.44 bits per heavy atom. The van der Waals surface area contributed by atoms with Gasteiger partial charge in [-0.15, -0.1) is 0 Å². The molecule has 0 saturated carbocycles. The van der Waals surface area contributed by atoms with E-state index in [-0.39, 0.29) is 34.4 Å². The van der Waals surface area contributed by atoms with Gasteiger partial charge in [0.1, 0.15) is 0 Å². The molecule has 0 aliphatic heterocycles. The van der Waals surface area contributed by atoms with E-state index in [1.54, 1.807) is 13.8 Å². The Bertz CT molecular complexity index is 448. The van der Waals surface area contributed by atoms with Gasteiger partial charge in [-0.25, -0.2) is 9.59 Å². The third-order valence-electron chi connectivity index (χ3n) is 2.03. The Hall–Kier alpha value is -1.26. The minimum absolute atomic E-state index is 0.0493. The molecule has 0 aliphatic rings. The van der Waals surface area contributed by atoms with Crippen LogP contribution in [-0.4, -0.2) is 25.2 Å². The number of ether oxygens (including phenoxy) is 2. The van der Waals surface area contributed by atoms with Crippen LogP contribution >= 0.6 is 23.2 Å². The molecule has 0 fully saturated rings. The SMILES string of the molecule is CCOC(=O)c1cc(Cl)c(C(=O)OCC)c(Cl)c1. The predicted octanol–water partition coefficient (Wildman–Crippen LogP) is 3.35. The van der Waals surface area contributed by atoms with E-state index >= 15 is 0 Å². The lowest BCUT2D eigenvalue weighted by molar-refractivity contribution is 0.0511. The molecule has 0 atom stereocenters. The van der Waals surface area contributed by atoms with E-state index in [4.69, 9.17) is 32.7 Å². The van der Waals surface area contributed by atoms with E-state index in [1.807, 2.05) is 0 Å². The van der Waals surface area contributed by atoms with Crippen molar-refractivity contribution in [3.8, 4) is 0 Å². The van der Waals surface area contributed by atoms with Gasteiger partial charge in [0.25, 0.3) is 0 Å². The monoisotopic (exact) mass is 290 g/mol. The zero-order valence-electron chi connectivity index (χ0n) is 9.96. The third kappa shape index (κ3) is 3.37. The largest absolute Gasteiger partial charge is 0.462 e. The lowest BCUT2D eigenvalue weighted by Gasteiger charge is -2.08.